The summed E-state index contributed by atoms with van der Waals surface area (Å²) in [4.78, 5) is 0. The maximum atomic E-state index is 5.41. The lowest BCUT2D eigenvalue weighted by atomic mass is 10.4. The summed E-state index contributed by atoms with van der Waals surface area (Å²) in [6.45, 7) is 2.65. The van der Waals surface area contributed by atoms with Crippen LogP contribution >= 0.6 is 0 Å². The zero-order valence-electron chi connectivity index (χ0n) is 7.47. The molecule has 13 heavy (non-hydrogen) atoms. The molecular formula is C10H12O3. The van der Waals surface area contributed by atoms with Crippen molar-refractivity contribution in [3.63, 3.8) is 0 Å². The summed E-state index contributed by atoms with van der Waals surface area (Å²) >= 11 is 0. The van der Waals surface area contributed by atoms with Crippen molar-refractivity contribution in [3.05, 3.63) is 30.2 Å². The monoisotopic (exact) mass is 180 g/mol. The van der Waals surface area contributed by atoms with E-state index in [2.05, 4.69) is 0 Å². The van der Waals surface area contributed by atoms with Gasteiger partial charge in [0.05, 0.1) is 19.0 Å². The zero-order chi connectivity index (χ0) is 9.10. The Bertz CT molecular complexity index is 276. The number of furan rings is 1. The van der Waals surface area contributed by atoms with Crippen LogP contribution in [-0.4, -0.2) is 19.0 Å². The average molecular weight is 180 g/mol. The predicted molar refractivity (Wildman–Crippen MR) is 48.0 cm³/mol. The van der Waals surface area contributed by atoms with Crippen LogP contribution in [0.15, 0.2) is 28.9 Å². The number of hydrogen-bond acceptors (Lipinski definition) is 3. The predicted octanol–water partition coefficient (Wildman–Crippen LogP) is 2.05. The highest BCUT2D eigenvalue weighted by Gasteiger charge is 2.19. The van der Waals surface area contributed by atoms with Gasteiger partial charge in [-0.3, -0.25) is 0 Å². The molecule has 0 spiro atoms. The molecule has 0 radical (unpaired) electrons. The van der Waals surface area contributed by atoms with Gasteiger partial charge in [0, 0.05) is 0 Å². The van der Waals surface area contributed by atoms with E-state index in [-0.39, 0.29) is 12.4 Å². The van der Waals surface area contributed by atoms with Gasteiger partial charge in [0.1, 0.15) is 5.76 Å². The molecule has 0 aromatic carbocycles. The normalized spacial score (nSPS) is 28.7. The van der Waals surface area contributed by atoms with Crippen LogP contribution in [0.5, 0.6) is 0 Å². The van der Waals surface area contributed by atoms with Crippen molar-refractivity contribution < 1.29 is 13.9 Å². The molecule has 0 aliphatic carbocycles. The highest BCUT2D eigenvalue weighted by molar-refractivity contribution is 5.42. The summed E-state index contributed by atoms with van der Waals surface area (Å²) in [6, 6.07) is 3.73. The maximum Gasteiger partial charge on any atom is 0.177 e. The third-order valence-electron chi connectivity index (χ3n) is 1.82. The Balaban J connectivity index is 1.91. The Kier molecular flexibility index (Phi) is 2.47. The van der Waals surface area contributed by atoms with E-state index in [4.69, 9.17) is 13.9 Å². The minimum absolute atomic E-state index is 0.186. The lowest BCUT2D eigenvalue weighted by molar-refractivity contribution is -0.0155. The first-order chi connectivity index (χ1) is 6.34. The minimum Gasteiger partial charge on any atom is -0.465 e. The van der Waals surface area contributed by atoms with E-state index in [1.54, 1.807) is 6.26 Å². The molecule has 2 heterocycles. The summed E-state index contributed by atoms with van der Waals surface area (Å²) in [5.74, 6) is 0.812. The summed E-state index contributed by atoms with van der Waals surface area (Å²) in [7, 11) is 0. The van der Waals surface area contributed by atoms with Crippen LogP contribution in [0.3, 0.4) is 0 Å². The molecule has 0 saturated carbocycles. The van der Waals surface area contributed by atoms with Crippen LogP contribution in [0.25, 0.3) is 6.08 Å². The molecule has 0 N–H and O–H groups in total. The van der Waals surface area contributed by atoms with E-state index in [1.165, 1.54) is 0 Å². The quantitative estimate of drug-likeness (QED) is 0.698. The molecule has 1 aliphatic rings. The van der Waals surface area contributed by atoms with Crippen LogP contribution in [0.2, 0.25) is 0 Å². The smallest absolute Gasteiger partial charge is 0.177 e. The van der Waals surface area contributed by atoms with Crippen molar-refractivity contribution in [3.8, 4) is 0 Å². The molecule has 70 valence electrons. The van der Waals surface area contributed by atoms with Crippen LogP contribution < -0.4 is 0 Å². The first-order valence-corrected chi connectivity index (χ1v) is 4.33. The molecule has 3 heteroatoms. The van der Waals surface area contributed by atoms with Crippen LogP contribution in [0.1, 0.15) is 12.7 Å². The molecule has 2 atom stereocenters. The topological polar surface area (TPSA) is 31.6 Å². The first kappa shape index (κ1) is 8.53. The third-order valence-corrected chi connectivity index (χ3v) is 1.82. The van der Waals surface area contributed by atoms with Gasteiger partial charge in [0.2, 0.25) is 0 Å². The minimum atomic E-state index is -0.222. The summed E-state index contributed by atoms with van der Waals surface area (Å²) in [5, 5.41) is 0. The van der Waals surface area contributed by atoms with Crippen LogP contribution in [0, 0.1) is 0 Å². The number of hydrogen-bond donors (Lipinski definition) is 0. The maximum absolute atomic E-state index is 5.41. The van der Waals surface area contributed by atoms with Crippen molar-refractivity contribution in [2.24, 2.45) is 0 Å². The fourth-order valence-electron chi connectivity index (χ4n) is 1.20. The summed E-state index contributed by atoms with van der Waals surface area (Å²) in [5.41, 5.74) is 0. The second-order valence-electron chi connectivity index (χ2n) is 3.02. The molecule has 0 bridgehead atoms. The van der Waals surface area contributed by atoms with Gasteiger partial charge in [0.15, 0.2) is 6.29 Å². The van der Waals surface area contributed by atoms with Gasteiger partial charge in [0.25, 0.3) is 0 Å². The summed E-state index contributed by atoms with van der Waals surface area (Å²) < 4.78 is 15.8. The Morgan fingerprint density at radius 3 is 3.08 bits per heavy atom. The molecule has 2 rings (SSSR count). The van der Waals surface area contributed by atoms with Gasteiger partial charge in [-0.05, 0) is 31.2 Å². The molecule has 2 unspecified atom stereocenters. The standard InChI is InChI=1S/C10H12O3/c1-8-7-12-10(13-8)5-4-9-3-2-6-11-9/h2-6,8,10H,7H2,1H3/b5-4-. The Labute approximate surface area is 76.9 Å². The van der Waals surface area contributed by atoms with E-state index in [0.717, 1.165) is 5.76 Å². The van der Waals surface area contributed by atoms with Crippen LogP contribution in [0.4, 0.5) is 0 Å². The van der Waals surface area contributed by atoms with Gasteiger partial charge >= 0.3 is 0 Å². The number of rotatable bonds is 2. The highest BCUT2D eigenvalue weighted by Crippen LogP contribution is 2.13. The van der Waals surface area contributed by atoms with Gasteiger partial charge in [-0.1, -0.05) is 0 Å². The average Bonchev–Trinajstić information content (AvgIpc) is 2.71. The first-order valence-electron chi connectivity index (χ1n) is 4.33. The highest BCUT2D eigenvalue weighted by atomic mass is 16.7. The van der Waals surface area contributed by atoms with Crippen molar-refractivity contribution >= 4 is 6.08 Å². The molecule has 1 aromatic rings. The fourth-order valence-corrected chi connectivity index (χ4v) is 1.20. The molecule has 1 aromatic heterocycles. The van der Waals surface area contributed by atoms with E-state index in [1.807, 2.05) is 31.2 Å². The molecule has 0 amide bonds. The number of ether oxygens (including phenoxy) is 2. The van der Waals surface area contributed by atoms with E-state index in [0.29, 0.717) is 6.61 Å². The molecular weight excluding hydrogens is 168 g/mol. The SMILES string of the molecule is CC1COC(/C=C\c2ccco2)O1. The Morgan fingerprint density at radius 1 is 1.54 bits per heavy atom. The largest absolute Gasteiger partial charge is 0.465 e. The van der Waals surface area contributed by atoms with Gasteiger partial charge < -0.3 is 13.9 Å². The molecule has 1 aliphatic heterocycles. The fraction of sp³-hybridized carbons (Fsp3) is 0.400. The molecule has 1 saturated heterocycles. The van der Waals surface area contributed by atoms with E-state index < -0.39 is 0 Å². The third kappa shape index (κ3) is 2.20. The van der Waals surface area contributed by atoms with Crippen LogP contribution in [-0.2, 0) is 9.47 Å². The molecule has 1 fully saturated rings. The van der Waals surface area contributed by atoms with Crippen molar-refractivity contribution in [1.29, 1.82) is 0 Å². The lowest BCUT2D eigenvalue weighted by Crippen LogP contribution is -2.05. The lowest BCUT2D eigenvalue weighted by Gasteiger charge is -2.01. The second kappa shape index (κ2) is 3.77. The summed E-state index contributed by atoms with van der Waals surface area (Å²) in [6.07, 6.45) is 5.30. The Hall–Kier alpha value is -1.06. The van der Waals surface area contributed by atoms with Gasteiger partial charge in [-0.15, -0.1) is 0 Å². The Morgan fingerprint density at radius 2 is 2.46 bits per heavy atom. The van der Waals surface area contributed by atoms with Crippen molar-refractivity contribution in [2.45, 2.75) is 19.3 Å². The van der Waals surface area contributed by atoms with E-state index >= 15 is 0 Å². The van der Waals surface area contributed by atoms with E-state index in [9.17, 15) is 0 Å². The second-order valence-corrected chi connectivity index (χ2v) is 3.02. The van der Waals surface area contributed by atoms with Crippen molar-refractivity contribution in [1.82, 2.24) is 0 Å². The van der Waals surface area contributed by atoms with Gasteiger partial charge in [-0.25, -0.2) is 0 Å². The van der Waals surface area contributed by atoms with Crippen molar-refractivity contribution in [2.75, 3.05) is 6.61 Å². The molecule has 3 nitrogen and oxygen atoms in total. The zero-order valence-corrected chi connectivity index (χ0v) is 7.47. The van der Waals surface area contributed by atoms with Gasteiger partial charge in [-0.2, -0.15) is 0 Å².